The van der Waals surface area contributed by atoms with E-state index in [9.17, 15) is 5.11 Å². The number of halogens is 1. The van der Waals surface area contributed by atoms with Gasteiger partial charge in [-0.2, -0.15) is 0 Å². The van der Waals surface area contributed by atoms with Gasteiger partial charge in [-0.3, -0.25) is 4.90 Å². The van der Waals surface area contributed by atoms with Crippen LogP contribution in [0.2, 0.25) is 0 Å². The Hall–Kier alpha value is -0.380. The first-order valence-electron chi connectivity index (χ1n) is 4.79. The summed E-state index contributed by atoms with van der Waals surface area (Å²) in [5, 5.41) is 9.20. The van der Waals surface area contributed by atoms with Crippen molar-refractivity contribution in [2.45, 2.75) is 19.0 Å². The third kappa shape index (κ3) is 1.85. The molecule has 0 bridgehead atoms. The summed E-state index contributed by atoms with van der Waals surface area (Å²) in [4.78, 5) is 2.20. The molecule has 0 saturated carbocycles. The van der Waals surface area contributed by atoms with Gasteiger partial charge in [0.05, 0.1) is 6.61 Å². The average Bonchev–Trinajstić information content (AvgIpc) is 2.17. The average molecular weight is 256 g/mol. The van der Waals surface area contributed by atoms with Crippen LogP contribution in [0.5, 0.6) is 0 Å². The number of likely N-dealkylation sites (N-methyl/N-ethyl adjacent to an activating group) is 1. The highest BCUT2D eigenvalue weighted by Crippen LogP contribution is 2.24. The zero-order valence-corrected chi connectivity index (χ0v) is 9.79. The van der Waals surface area contributed by atoms with Crippen LogP contribution in [0.25, 0.3) is 0 Å². The van der Waals surface area contributed by atoms with Gasteiger partial charge < -0.3 is 5.11 Å². The molecular formula is C11H14BrNO. The molecule has 1 heterocycles. The van der Waals surface area contributed by atoms with Gasteiger partial charge in [0, 0.05) is 17.1 Å². The first-order valence-corrected chi connectivity index (χ1v) is 5.58. The van der Waals surface area contributed by atoms with Crippen LogP contribution < -0.4 is 0 Å². The molecule has 1 aromatic rings. The minimum Gasteiger partial charge on any atom is -0.395 e. The van der Waals surface area contributed by atoms with E-state index in [0.29, 0.717) is 0 Å². The van der Waals surface area contributed by atoms with Gasteiger partial charge in [0.2, 0.25) is 0 Å². The molecule has 2 rings (SSSR count). The maximum absolute atomic E-state index is 9.20. The first kappa shape index (κ1) is 10.1. The molecule has 14 heavy (non-hydrogen) atoms. The van der Waals surface area contributed by atoms with E-state index in [1.54, 1.807) is 0 Å². The summed E-state index contributed by atoms with van der Waals surface area (Å²) in [6.45, 7) is 1.18. The number of aliphatic hydroxyl groups excluding tert-OH is 1. The zero-order valence-electron chi connectivity index (χ0n) is 8.20. The number of aliphatic hydroxyl groups is 1. The van der Waals surface area contributed by atoms with Gasteiger partial charge in [0.15, 0.2) is 0 Å². The lowest BCUT2D eigenvalue weighted by atomic mass is 9.95. The maximum Gasteiger partial charge on any atom is 0.0590 e. The molecule has 0 aromatic heterocycles. The minimum atomic E-state index is 0.239. The molecule has 0 spiro atoms. The fourth-order valence-electron chi connectivity index (χ4n) is 1.95. The molecule has 1 atom stereocenters. The minimum absolute atomic E-state index is 0.239. The summed E-state index contributed by atoms with van der Waals surface area (Å²) in [7, 11) is 2.06. The first-order chi connectivity index (χ1) is 6.70. The molecule has 1 N–H and O–H groups in total. The topological polar surface area (TPSA) is 23.5 Å². The summed E-state index contributed by atoms with van der Waals surface area (Å²) >= 11 is 3.47. The Morgan fingerprint density at radius 1 is 1.50 bits per heavy atom. The highest BCUT2D eigenvalue weighted by Gasteiger charge is 2.22. The molecule has 0 radical (unpaired) electrons. The van der Waals surface area contributed by atoms with Gasteiger partial charge in [0.1, 0.15) is 0 Å². The number of rotatable bonds is 1. The van der Waals surface area contributed by atoms with E-state index in [1.165, 1.54) is 11.1 Å². The second-order valence-corrected chi connectivity index (χ2v) is 4.78. The molecule has 1 aliphatic rings. The monoisotopic (exact) mass is 255 g/mol. The number of hydrogen-bond donors (Lipinski definition) is 1. The number of benzene rings is 1. The van der Waals surface area contributed by atoms with Crippen molar-refractivity contribution in [2.75, 3.05) is 13.7 Å². The Morgan fingerprint density at radius 2 is 2.29 bits per heavy atom. The second kappa shape index (κ2) is 4.01. The second-order valence-electron chi connectivity index (χ2n) is 3.87. The Morgan fingerprint density at radius 3 is 3.00 bits per heavy atom. The van der Waals surface area contributed by atoms with E-state index in [0.717, 1.165) is 17.4 Å². The van der Waals surface area contributed by atoms with E-state index >= 15 is 0 Å². The van der Waals surface area contributed by atoms with Crippen LogP contribution in [0.1, 0.15) is 11.1 Å². The molecule has 2 nitrogen and oxygen atoms in total. The Kier molecular flexibility index (Phi) is 2.91. The summed E-state index contributed by atoms with van der Waals surface area (Å²) in [6, 6.07) is 6.66. The third-order valence-corrected chi connectivity index (χ3v) is 3.37. The van der Waals surface area contributed by atoms with Crippen molar-refractivity contribution < 1.29 is 5.11 Å². The smallest absolute Gasteiger partial charge is 0.0590 e. The SMILES string of the molecule is CN1Cc2ccc(Br)cc2C[C@@H]1CO. The summed E-state index contributed by atoms with van der Waals surface area (Å²) < 4.78 is 1.12. The van der Waals surface area contributed by atoms with Crippen LogP contribution in [0, 0.1) is 0 Å². The summed E-state index contributed by atoms with van der Waals surface area (Å²) in [5.41, 5.74) is 2.73. The lowest BCUT2D eigenvalue weighted by molar-refractivity contribution is 0.131. The van der Waals surface area contributed by atoms with Crippen molar-refractivity contribution in [3.05, 3.63) is 33.8 Å². The van der Waals surface area contributed by atoms with Crippen molar-refractivity contribution in [1.29, 1.82) is 0 Å². The van der Waals surface area contributed by atoms with Gasteiger partial charge in [-0.05, 0) is 36.7 Å². The Labute approximate surface area is 92.7 Å². The predicted octanol–water partition coefficient (Wildman–Crippen LogP) is 1.80. The normalized spacial score (nSPS) is 22.1. The Bertz CT molecular complexity index is 340. The maximum atomic E-state index is 9.20. The van der Waals surface area contributed by atoms with E-state index in [1.807, 2.05) is 0 Å². The van der Waals surface area contributed by atoms with Crippen LogP contribution in [0.4, 0.5) is 0 Å². The molecule has 1 aliphatic heterocycles. The highest BCUT2D eigenvalue weighted by atomic mass is 79.9. The molecule has 0 saturated heterocycles. The van der Waals surface area contributed by atoms with E-state index in [-0.39, 0.29) is 12.6 Å². The molecule has 0 aliphatic carbocycles. The van der Waals surface area contributed by atoms with Crippen molar-refractivity contribution in [2.24, 2.45) is 0 Å². The number of fused-ring (bicyclic) bond motifs is 1. The Balaban J connectivity index is 2.31. The van der Waals surface area contributed by atoms with Crippen molar-refractivity contribution in [3.63, 3.8) is 0 Å². The van der Waals surface area contributed by atoms with Gasteiger partial charge in [-0.25, -0.2) is 0 Å². The fraction of sp³-hybridized carbons (Fsp3) is 0.455. The lowest BCUT2D eigenvalue weighted by Crippen LogP contribution is -2.39. The molecular weight excluding hydrogens is 242 g/mol. The van der Waals surface area contributed by atoms with Gasteiger partial charge in [0.25, 0.3) is 0 Å². The van der Waals surface area contributed by atoms with E-state index < -0.39 is 0 Å². The van der Waals surface area contributed by atoms with Gasteiger partial charge in [-0.15, -0.1) is 0 Å². The number of hydrogen-bond acceptors (Lipinski definition) is 2. The van der Waals surface area contributed by atoms with Crippen LogP contribution in [-0.2, 0) is 13.0 Å². The molecule has 0 amide bonds. The molecule has 0 fully saturated rings. The fourth-order valence-corrected chi connectivity index (χ4v) is 2.36. The van der Waals surface area contributed by atoms with Gasteiger partial charge >= 0.3 is 0 Å². The van der Waals surface area contributed by atoms with E-state index in [2.05, 4.69) is 46.1 Å². The van der Waals surface area contributed by atoms with Crippen LogP contribution in [-0.4, -0.2) is 29.7 Å². The zero-order chi connectivity index (χ0) is 10.1. The third-order valence-electron chi connectivity index (χ3n) is 2.88. The van der Waals surface area contributed by atoms with Crippen molar-refractivity contribution >= 4 is 15.9 Å². The highest BCUT2D eigenvalue weighted by molar-refractivity contribution is 9.10. The van der Waals surface area contributed by atoms with Crippen molar-refractivity contribution in [3.8, 4) is 0 Å². The molecule has 76 valence electrons. The van der Waals surface area contributed by atoms with Gasteiger partial charge in [-0.1, -0.05) is 22.0 Å². The lowest BCUT2D eigenvalue weighted by Gasteiger charge is -2.32. The van der Waals surface area contributed by atoms with Crippen LogP contribution >= 0.6 is 15.9 Å². The van der Waals surface area contributed by atoms with Crippen LogP contribution in [0.3, 0.4) is 0 Å². The standard InChI is InChI=1S/C11H14BrNO/c1-13-6-8-2-3-10(12)4-9(8)5-11(13)7-14/h2-4,11,14H,5-7H2,1H3/t11-/m1/s1. The van der Waals surface area contributed by atoms with Crippen LogP contribution in [0.15, 0.2) is 22.7 Å². The summed E-state index contributed by atoms with van der Waals surface area (Å²) in [6.07, 6.45) is 0.946. The number of nitrogens with zero attached hydrogens (tertiary/aromatic N) is 1. The largest absolute Gasteiger partial charge is 0.395 e. The molecule has 1 aromatic carbocycles. The predicted molar refractivity (Wildman–Crippen MR) is 60.2 cm³/mol. The quantitative estimate of drug-likeness (QED) is 0.828. The van der Waals surface area contributed by atoms with Crippen molar-refractivity contribution in [1.82, 2.24) is 4.90 Å². The van der Waals surface area contributed by atoms with E-state index in [4.69, 9.17) is 0 Å². The summed E-state index contributed by atoms with van der Waals surface area (Å²) in [5.74, 6) is 0. The molecule has 0 unspecified atom stereocenters. The molecule has 3 heteroatoms.